The lowest BCUT2D eigenvalue weighted by molar-refractivity contribution is 0.405. The Hall–Kier alpha value is -3.86. The van der Waals surface area contributed by atoms with Crippen LogP contribution in [0.25, 0.3) is 33.3 Å². The molecule has 5 rings (SSSR count). The van der Waals surface area contributed by atoms with E-state index in [1.54, 1.807) is 18.5 Å². The van der Waals surface area contributed by atoms with E-state index in [0.717, 1.165) is 38.6 Å². The van der Waals surface area contributed by atoms with Gasteiger partial charge in [0.15, 0.2) is 17.1 Å². The summed E-state index contributed by atoms with van der Waals surface area (Å²) >= 11 is 0. The largest absolute Gasteiger partial charge is 0.504 e. The van der Waals surface area contributed by atoms with Crippen molar-refractivity contribution in [3.05, 3.63) is 84.2 Å². The molecule has 2 aromatic heterocycles. The fraction of sp³-hybridized carbons (Fsp3) is 0.0435. The summed E-state index contributed by atoms with van der Waals surface area (Å²) in [5.41, 5.74) is 4.49. The Morgan fingerprint density at radius 3 is 2.54 bits per heavy atom. The van der Waals surface area contributed by atoms with Crippen LogP contribution in [-0.2, 0) is 6.42 Å². The highest BCUT2D eigenvalue weighted by Gasteiger charge is 2.11. The zero-order valence-electron chi connectivity index (χ0n) is 14.8. The predicted molar refractivity (Wildman–Crippen MR) is 107 cm³/mol. The van der Waals surface area contributed by atoms with Gasteiger partial charge < -0.3 is 14.6 Å². The van der Waals surface area contributed by atoms with Gasteiger partial charge in [0.25, 0.3) is 0 Å². The van der Waals surface area contributed by atoms with Gasteiger partial charge in [-0.2, -0.15) is 0 Å². The lowest BCUT2D eigenvalue weighted by atomic mass is 10.0. The number of nitrogens with zero attached hydrogens (tertiary/aromatic N) is 2. The highest BCUT2D eigenvalue weighted by atomic mass is 16.3. The van der Waals surface area contributed by atoms with Crippen LogP contribution in [0.2, 0.25) is 0 Å². The summed E-state index contributed by atoms with van der Waals surface area (Å²) in [6.45, 7) is 0. The molecule has 0 atom stereocenters. The van der Waals surface area contributed by atoms with E-state index in [1.807, 2.05) is 48.5 Å². The second kappa shape index (κ2) is 6.39. The predicted octanol–water partition coefficient (Wildman–Crippen LogP) is 5.05. The van der Waals surface area contributed by atoms with E-state index in [0.29, 0.717) is 12.3 Å². The molecule has 0 bridgehead atoms. The van der Waals surface area contributed by atoms with E-state index in [-0.39, 0.29) is 11.5 Å². The minimum absolute atomic E-state index is 0.139. The maximum atomic E-state index is 9.87. The van der Waals surface area contributed by atoms with E-state index in [2.05, 4.69) is 9.97 Å². The number of rotatable bonds is 3. The average molecular weight is 368 g/mol. The standard InChI is InChI=1S/C23H16N2O3/c26-20-10-17-13-24-12-16(18(17)11-21(20)27)8-14-6-7-22-19(9-14)25-23(28-22)15-4-2-1-3-5-15/h1-7,9-13,26-27H,8H2. The number of hydrogen-bond donors (Lipinski definition) is 2. The van der Waals surface area contributed by atoms with Gasteiger partial charge in [-0.05, 0) is 59.3 Å². The Balaban J connectivity index is 1.54. The molecular weight excluding hydrogens is 352 g/mol. The number of fused-ring (bicyclic) bond motifs is 2. The summed E-state index contributed by atoms with van der Waals surface area (Å²) in [7, 11) is 0. The van der Waals surface area contributed by atoms with Crippen LogP contribution >= 0.6 is 0 Å². The van der Waals surface area contributed by atoms with Crippen LogP contribution in [0.15, 0.2) is 77.5 Å². The van der Waals surface area contributed by atoms with Gasteiger partial charge in [0, 0.05) is 23.3 Å². The van der Waals surface area contributed by atoms with Crippen LogP contribution in [0, 0.1) is 0 Å². The fourth-order valence-electron chi connectivity index (χ4n) is 3.40. The van der Waals surface area contributed by atoms with E-state index >= 15 is 0 Å². The van der Waals surface area contributed by atoms with Gasteiger partial charge in [-0.1, -0.05) is 24.3 Å². The first-order valence-corrected chi connectivity index (χ1v) is 8.91. The Morgan fingerprint density at radius 2 is 1.68 bits per heavy atom. The van der Waals surface area contributed by atoms with E-state index in [4.69, 9.17) is 4.42 Å². The quantitative estimate of drug-likeness (QED) is 0.436. The molecule has 2 N–H and O–H groups in total. The SMILES string of the molecule is Oc1cc2cncc(Cc3ccc4oc(-c5ccccc5)nc4c3)c2cc1O. The van der Waals surface area contributed by atoms with Gasteiger partial charge in [0.05, 0.1) is 0 Å². The lowest BCUT2D eigenvalue weighted by Gasteiger charge is -2.08. The number of phenolic OH excluding ortho intramolecular Hbond substituents is 2. The van der Waals surface area contributed by atoms with Gasteiger partial charge in [0.2, 0.25) is 5.89 Å². The van der Waals surface area contributed by atoms with Crippen molar-refractivity contribution >= 4 is 21.9 Å². The molecule has 28 heavy (non-hydrogen) atoms. The first kappa shape index (κ1) is 16.3. The Kier molecular flexibility index (Phi) is 3.72. The minimum Gasteiger partial charge on any atom is -0.504 e. The number of aromatic hydroxyl groups is 2. The second-order valence-electron chi connectivity index (χ2n) is 6.72. The number of hydrogen-bond acceptors (Lipinski definition) is 5. The van der Waals surface area contributed by atoms with E-state index < -0.39 is 0 Å². The zero-order valence-corrected chi connectivity index (χ0v) is 14.8. The topological polar surface area (TPSA) is 79.4 Å². The molecule has 0 amide bonds. The van der Waals surface area contributed by atoms with Gasteiger partial charge in [-0.15, -0.1) is 0 Å². The molecule has 5 aromatic rings. The summed E-state index contributed by atoms with van der Waals surface area (Å²) in [4.78, 5) is 8.88. The van der Waals surface area contributed by atoms with Crippen molar-refractivity contribution in [1.82, 2.24) is 9.97 Å². The molecule has 136 valence electrons. The number of aromatic nitrogens is 2. The number of oxazole rings is 1. The molecule has 0 spiro atoms. The highest BCUT2D eigenvalue weighted by molar-refractivity contribution is 5.88. The molecule has 5 heteroatoms. The Bertz CT molecular complexity index is 1310. The minimum atomic E-state index is -0.149. The number of pyridine rings is 1. The molecule has 3 aromatic carbocycles. The molecule has 0 radical (unpaired) electrons. The first-order valence-electron chi connectivity index (χ1n) is 8.91. The fourth-order valence-corrected chi connectivity index (χ4v) is 3.40. The third-order valence-electron chi connectivity index (χ3n) is 4.80. The maximum Gasteiger partial charge on any atom is 0.227 e. The summed E-state index contributed by atoms with van der Waals surface area (Å²) < 4.78 is 5.87. The normalized spacial score (nSPS) is 11.3. The van der Waals surface area contributed by atoms with Crippen LogP contribution in [-0.4, -0.2) is 20.2 Å². The second-order valence-corrected chi connectivity index (χ2v) is 6.72. The van der Waals surface area contributed by atoms with Gasteiger partial charge >= 0.3 is 0 Å². The van der Waals surface area contributed by atoms with Crippen LogP contribution in [0.3, 0.4) is 0 Å². The Labute approximate surface area is 160 Å². The average Bonchev–Trinajstić information content (AvgIpc) is 3.14. The molecule has 2 heterocycles. The maximum absolute atomic E-state index is 9.87. The van der Waals surface area contributed by atoms with Crippen molar-refractivity contribution in [2.45, 2.75) is 6.42 Å². The summed E-state index contributed by atoms with van der Waals surface area (Å²) in [5, 5.41) is 21.2. The third kappa shape index (κ3) is 2.83. The van der Waals surface area contributed by atoms with Gasteiger partial charge in [-0.3, -0.25) is 4.98 Å². The van der Waals surface area contributed by atoms with Crippen molar-refractivity contribution in [2.75, 3.05) is 0 Å². The molecule has 0 saturated heterocycles. The smallest absolute Gasteiger partial charge is 0.227 e. The highest BCUT2D eigenvalue weighted by Crippen LogP contribution is 2.32. The van der Waals surface area contributed by atoms with Crippen LogP contribution < -0.4 is 0 Å². The number of benzene rings is 3. The number of phenols is 2. The van der Waals surface area contributed by atoms with Gasteiger partial charge in [-0.25, -0.2) is 4.98 Å². The van der Waals surface area contributed by atoms with Crippen molar-refractivity contribution in [2.24, 2.45) is 0 Å². The van der Waals surface area contributed by atoms with Crippen LogP contribution in [0.1, 0.15) is 11.1 Å². The van der Waals surface area contributed by atoms with E-state index in [9.17, 15) is 10.2 Å². The molecule has 0 saturated carbocycles. The van der Waals surface area contributed by atoms with Crippen LogP contribution in [0.5, 0.6) is 11.5 Å². The van der Waals surface area contributed by atoms with E-state index in [1.165, 1.54) is 6.07 Å². The van der Waals surface area contributed by atoms with Crippen molar-refractivity contribution in [3.63, 3.8) is 0 Å². The first-order chi connectivity index (χ1) is 13.7. The summed E-state index contributed by atoms with van der Waals surface area (Å²) in [5.74, 6) is 0.309. The molecule has 0 fully saturated rings. The molecule has 0 aliphatic heterocycles. The molecule has 0 unspecified atom stereocenters. The van der Waals surface area contributed by atoms with Crippen molar-refractivity contribution < 1.29 is 14.6 Å². The molecule has 0 aliphatic rings. The monoisotopic (exact) mass is 368 g/mol. The summed E-state index contributed by atoms with van der Waals surface area (Å²) in [6.07, 6.45) is 4.07. The molecular formula is C23H16N2O3. The Morgan fingerprint density at radius 1 is 0.857 bits per heavy atom. The molecule has 0 aliphatic carbocycles. The van der Waals surface area contributed by atoms with Crippen molar-refractivity contribution in [3.8, 4) is 23.0 Å². The van der Waals surface area contributed by atoms with Crippen molar-refractivity contribution in [1.29, 1.82) is 0 Å². The van der Waals surface area contributed by atoms with Gasteiger partial charge in [0.1, 0.15) is 5.52 Å². The lowest BCUT2D eigenvalue weighted by Crippen LogP contribution is -1.92. The zero-order chi connectivity index (χ0) is 19.1. The summed E-state index contributed by atoms with van der Waals surface area (Å²) in [6, 6.07) is 18.8. The van der Waals surface area contributed by atoms with Crippen LogP contribution in [0.4, 0.5) is 0 Å². The third-order valence-corrected chi connectivity index (χ3v) is 4.80. The molecule has 5 nitrogen and oxygen atoms in total.